The smallest absolute Gasteiger partial charge is 0.313 e. The number of hydrogen-bond donors (Lipinski definition) is 2. The SMILES string of the molecule is [2H]SCC(=O)O. The Morgan fingerprint density at radius 2 is 3.00 bits per heavy atom. The molecule has 0 aliphatic heterocycles. The molecule has 0 rings (SSSR count). The Morgan fingerprint density at radius 1 is 2.40 bits per heavy atom. The minimum Gasteiger partial charge on any atom is -0.481 e. The summed E-state index contributed by atoms with van der Waals surface area (Å²) in [6.45, 7) is 0. The van der Waals surface area contributed by atoms with Crippen molar-refractivity contribution in [2.45, 2.75) is 0 Å². The first-order valence-corrected chi connectivity index (χ1v) is 1.65. The molecule has 0 spiro atoms. The van der Waals surface area contributed by atoms with Crippen LogP contribution in [0.15, 0.2) is 0 Å². The quantitative estimate of drug-likeness (QED) is 0.471. The fourth-order valence-corrected chi connectivity index (χ4v) is 0. The van der Waals surface area contributed by atoms with E-state index >= 15 is 0 Å². The molecule has 0 aromatic heterocycles. The Balaban J connectivity index is 2.83. The molecule has 0 heterocycles. The molecule has 0 amide bonds. The summed E-state index contributed by atoms with van der Waals surface area (Å²) in [4.78, 5) is 9.46. The van der Waals surface area contributed by atoms with Gasteiger partial charge in [-0.1, -0.05) is 0 Å². The lowest BCUT2D eigenvalue weighted by Crippen LogP contribution is -1.92. The molecular weight excluding hydrogens is 88.1 g/mol. The normalized spacial score (nSPS) is 10.0. The van der Waals surface area contributed by atoms with E-state index in [0.717, 1.165) is 0 Å². The van der Waals surface area contributed by atoms with Gasteiger partial charge in [0.15, 0.2) is 0 Å². The average molecular weight is 93.1 g/mol. The third-order valence-corrected chi connectivity index (χ3v) is 0.370. The van der Waals surface area contributed by atoms with Crippen LogP contribution in [0.3, 0.4) is 0 Å². The number of carboxylic acid groups (broad SMARTS) is 1. The van der Waals surface area contributed by atoms with Gasteiger partial charge >= 0.3 is 5.97 Å². The zero-order valence-corrected chi connectivity index (χ0v) is 3.29. The summed E-state index contributed by atoms with van der Waals surface area (Å²) in [5, 5.41) is 7.77. The van der Waals surface area contributed by atoms with E-state index in [0.29, 0.717) is 12.5 Å². The second-order valence-corrected chi connectivity index (χ2v) is 0.827. The summed E-state index contributed by atoms with van der Waals surface area (Å²) < 4.78 is 6.27. The van der Waals surface area contributed by atoms with Crippen molar-refractivity contribution in [2.24, 2.45) is 0 Å². The molecule has 0 saturated carbocycles. The maximum atomic E-state index is 9.46. The topological polar surface area (TPSA) is 37.3 Å². The summed E-state index contributed by atoms with van der Waals surface area (Å²) in [6.07, 6.45) is 0. The maximum Gasteiger partial charge on any atom is 0.313 e. The number of thiol groups is 1. The molecule has 5 heavy (non-hydrogen) atoms. The minimum atomic E-state index is -0.935. The highest BCUT2D eigenvalue weighted by Gasteiger charge is 1.81. The van der Waals surface area contributed by atoms with Crippen LogP contribution in [-0.4, -0.2) is 18.0 Å². The van der Waals surface area contributed by atoms with Crippen molar-refractivity contribution in [3.05, 3.63) is 0 Å². The molecular formula is C2H4O2S. The molecule has 0 saturated heterocycles. The first kappa shape index (κ1) is 3.03. The number of carbonyl (C=O) groups is 1. The molecule has 30 valence electrons. The Kier molecular flexibility index (Phi) is 1.26. The molecule has 0 unspecified atom stereocenters. The first-order valence-electron chi connectivity index (χ1n) is 1.48. The molecule has 1 N–H and O–H groups in total. The lowest BCUT2D eigenvalue weighted by molar-refractivity contribution is -0.133. The molecule has 0 bridgehead atoms. The van der Waals surface area contributed by atoms with Crippen LogP contribution in [0.1, 0.15) is 0 Å². The van der Waals surface area contributed by atoms with Crippen molar-refractivity contribution >= 4 is 18.5 Å². The highest BCUT2D eigenvalue weighted by molar-refractivity contribution is 7.81. The molecule has 0 atom stereocenters. The number of carboxylic acids is 1. The van der Waals surface area contributed by atoms with Gasteiger partial charge < -0.3 is 5.11 Å². The van der Waals surface area contributed by atoms with Crippen molar-refractivity contribution in [1.82, 2.24) is 0 Å². The van der Waals surface area contributed by atoms with Gasteiger partial charge in [0.2, 0.25) is 0 Å². The molecule has 0 aromatic carbocycles. The van der Waals surface area contributed by atoms with Gasteiger partial charge in [-0.15, -0.1) is 0 Å². The Bertz CT molecular complexity index is 55.5. The summed E-state index contributed by atoms with van der Waals surface area (Å²) in [6, 6.07) is 0. The zero-order valence-electron chi connectivity index (χ0n) is 3.47. The summed E-state index contributed by atoms with van der Waals surface area (Å²) in [5.41, 5.74) is 0. The monoisotopic (exact) mass is 93.0 g/mol. The van der Waals surface area contributed by atoms with Crippen LogP contribution < -0.4 is 0 Å². The summed E-state index contributed by atoms with van der Waals surface area (Å²) >= 11 is 0.560. The van der Waals surface area contributed by atoms with E-state index < -0.39 is 5.97 Å². The van der Waals surface area contributed by atoms with E-state index in [2.05, 4.69) is 0 Å². The van der Waals surface area contributed by atoms with Gasteiger partial charge in [-0.3, -0.25) is 4.79 Å². The van der Waals surface area contributed by atoms with Crippen molar-refractivity contribution in [2.75, 3.05) is 5.75 Å². The standard InChI is InChI=1S/C2H4O2S/c3-2(4)1-5/h5H,1H2,(H,3,4)/i/hD. The highest BCUT2D eigenvalue weighted by Crippen LogP contribution is 1.66. The third kappa shape index (κ3) is 3.82. The number of aliphatic carboxylic acids is 1. The van der Waals surface area contributed by atoms with E-state index in [-0.39, 0.29) is 5.75 Å². The first-order chi connectivity index (χ1) is 2.77. The highest BCUT2D eigenvalue weighted by atomic mass is 32.1. The van der Waals surface area contributed by atoms with Crippen LogP contribution in [0.2, 0.25) is 0 Å². The lowest BCUT2D eigenvalue weighted by atomic mass is 10.8. The van der Waals surface area contributed by atoms with Gasteiger partial charge in [-0.25, -0.2) is 0 Å². The third-order valence-electron chi connectivity index (χ3n) is 0.123. The van der Waals surface area contributed by atoms with Gasteiger partial charge in [-0.2, -0.15) is 12.5 Å². The Morgan fingerprint density at radius 3 is 3.00 bits per heavy atom. The molecule has 0 aliphatic carbocycles. The van der Waals surface area contributed by atoms with Gasteiger partial charge in [0.1, 0.15) is 1.12 Å². The van der Waals surface area contributed by atoms with Crippen molar-refractivity contribution in [3.63, 3.8) is 0 Å². The second kappa shape index (κ2) is 2.08. The Labute approximate surface area is 36.3 Å². The molecule has 0 radical (unpaired) electrons. The lowest BCUT2D eigenvalue weighted by Gasteiger charge is -1.71. The summed E-state index contributed by atoms with van der Waals surface area (Å²) in [5.74, 6) is -1.06. The predicted molar refractivity (Wildman–Crippen MR) is 21.5 cm³/mol. The van der Waals surface area contributed by atoms with Crippen molar-refractivity contribution in [3.8, 4) is 0 Å². The van der Waals surface area contributed by atoms with E-state index in [9.17, 15) is 4.79 Å². The van der Waals surface area contributed by atoms with Crippen LogP contribution in [-0.2, 0) is 4.79 Å². The molecule has 2 nitrogen and oxygen atoms in total. The fraction of sp³-hybridized carbons (Fsp3) is 0.500. The van der Waals surface area contributed by atoms with Gasteiger partial charge in [-0.05, 0) is 0 Å². The van der Waals surface area contributed by atoms with Gasteiger partial charge in [0, 0.05) is 0 Å². The van der Waals surface area contributed by atoms with E-state index in [1.54, 1.807) is 0 Å². The van der Waals surface area contributed by atoms with Gasteiger partial charge in [0.25, 0.3) is 0 Å². The number of rotatable bonds is 2. The van der Waals surface area contributed by atoms with E-state index in [4.69, 9.17) is 6.23 Å². The maximum absolute atomic E-state index is 9.46. The van der Waals surface area contributed by atoms with Crippen LogP contribution >= 0.6 is 12.5 Å². The van der Waals surface area contributed by atoms with Crippen LogP contribution in [0.5, 0.6) is 0 Å². The largest absolute Gasteiger partial charge is 0.481 e. The molecule has 0 fully saturated rings. The number of hydrogen-bond acceptors (Lipinski definition) is 2. The molecule has 3 heteroatoms. The van der Waals surface area contributed by atoms with Gasteiger partial charge in [0.05, 0.1) is 5.75 Å². The molecule has 0 aliphatic rings. The average Bonchev–Trinajstić information content (AvgIpc) is 1.35. The predicted octanol–water partition coefficient (Wildman–Crippen LogP) is 0.000800. The van der Waals surface area contributed by atoms with Crippen molar-refractivity contribution < 1.29 is 9.90 Å². The van der Waals surface area contributed by atoms with Crippen LogP contribution in [0.4, 0.5) is 0 Å². The van der Waals surface area contributed by atoms with E-state index in [1.807, 2.05) is 0 Å². The Hall–Kier alpha value is -0.180. The van der Waals surface area contributed by atoms with Crippen molar-refractivity contribution in [1.29, 1.82) is 1.12 Å². The fourth-order valence-electron chi connectivity index (χ4n) is 0. The molecule has 0 aromatic rings. The van der Waals surface area contributed by atoms with E-state index in [1.165, 1.54) is 0 Å². The summed E-state index contributed by atoms with van der Waals surface area (Å²) in [7, 11) is 0. The minimum absolute atomic E-state index is 0.125. The van der Waals surface area contributed by atoms with Crippen LogP contribution in [0.25, 0.3) is 0 Å². The van der Waals surface area contributed by atoms with Crippen LogP contribution in [0, 0.1) is 0 Å². The second-order valence-electron chi connectivity index (χ2n) is 0.538. The zero-order chi connectivity index (χ0) is 4.99.